The van der Waals surface area contributed by atoms with Gasteiger partial charge in [-0.1, -0.05) is 437 Å². The maximum Gasteiger partial charge on any atom is 0.305 e. The van der Waals surface area contributed by atoms with E-state index in [9.17, 15) is 19.8 Å². The van der Waals surface area contributed by atoms with Crippen LogP contribution in [0.1, 0.15) is 470 Å². The molecule has 3 N–H and O–H groups in total. The third kappa shape index (κ3) is 73.5. The minimum atomic E-state index is -0.842. The Labute approximate surface area is 546 Å². The summed E-state index contributed by atoms with van der Waals surface area (Å²) >= 11 is 0. The van der Waals surface area contributed by atoms with Crippen molar-refractivity contribution in [1.29, 1.82) is 0 Å². The van der Waals surface area contributed by atoms with Crippen molar-refractivity contribution in [1.82, 2.24) is 5.32 Å². The summed E-state index contributed by atoms with van der Waals surface area (Å²) in [4.78, 5) is 24.6. The lowest BCUT2D eigenvalue weighted by Crippen LogP contribution is -2.45. The van der Waals surface area contributed by atoms with Crippen LogP contribution in [0.25, 0.3) is 0 Å². The molecule has 0 spiro atoms. The summed E-state index contributed by atoms with van der Waals surface area (Å²) in [5, 5.41) is 23.3. The van der Waals surface area contributed by atoms with Crippen LogP contribution in [0.3, 0.4) is 0 Å². The lowest BCUT2D eigenvalue weighted by atomic mass is 10.0. The van der Waals surface area contributed by atoms with Crippen molar-refractivity contribution < 1.29 is 24.5 Å². The van der Waals surface area contributed by atoms with Crippen molar-refractivity contribution in [3.8, 4) is 0 Å². The third-order valence-corrected chi connectivity index (χ3v) is 19.3. The molecule has 0 aliphatic carbocycles. The van der Waals surface area contributed by atoms with Crippen molar-refractivity contribution in [2.24, 2.45) is 0 Å². The van der Waals surface area contributed by atoms with Crippen LogP contribution in [-0.4, -0.2) is 47.4 Å². The fraction of sp³-hybridized carbons (Fsp3) is 0.951. The average Bonchev–Trinajstić information content (AvgIpc) is 3.58. The normalized spacial score (nSPS) is 12.5. The zero-order valence-electron chi connectivity index (χ0n) is 59.5. The number of amides is 1. The van der Waals surface area contributed by atoms with Gasteiger partial charge in [0.25, 0.3) is 0 Å². The van der Waals surface area contributed by atoms with Gasteiger partial charge in [0.05, 0.1) is 25.4 Å². The van der Waals surface area contributed by atoms with Crippen molar-refractivity contribution >= 4 is 11.9 Å². The maximum atomic E-state index is 12.6. The van der Waals surface area contributed by atoms with Gasteiger partial charge in [0, 0.05) is 12.8 Å². The fourth-order valence-electron chi connectivity index (χ4n) is 13.2. The number of aliphatic hydroxyl groups is 2. The van der Waals surface area contributed by atoms with Crippen molar-refractivity contribution in [2.75, 3.05) is 13.2 Å². The molecule has 0 heterocycles. The Morgan fingerprint density at radius 2 is 0.529 bits per heavy atom. The Morgan fingerprint density at radius 3 is 0.782 bits per heavy atom. The molecule has 0 aliphatic heterocycles. The van der Waals surface area contributed by atoms with Gasteiger partial charge in [-0.05, 0) is 32.1 Å². The van der Waals surface area contributed by atoms with Crippen LogP contribution < -0.4 is 5.32 Å². The summed E-state index contributed by atoms with van der Waals surface area (Å²) in [6.07, 6.45) is 97.7. The van der Waals surface area contributed by atoms with Crippen LogP contribution in [0.4, 0.5) is 0 Å². The first-order chi connectivity index (χ1) is 43.0. The Bertz CT molecular complexity index is 1320. The van der Waals surface area contributed by atoms with Crippen LogP contribution in [0.15, 0.2) is 12.2 Å². The van der Waals surface area contributed by atoms with Crippen molar-refractivity contribution in [3.63, 3.8) is 0 Å². The molecular formula is C81H159NO5. The molecular weight excluding hydrogens is 1070 g/mol. The first kappa shape index (κ1) is 85.6. The molecule has 2 atom stereocenters. The monoisotopic (exact) mass is 1230 g/mol. The number of unbranched alkanes of at least 4 members (excludes halogenated alkanes) is 66. The molecule has 0 rings (SSSR count). The van der Waals surface area contributed by atoms with Gasteiger partial charge in [0.15, 0.2) is 0 Å². The van der Waals surface area contributed by atoms with Crippen LogP contribution in [0.5, 0.6) is 0 Å². The summed E-state index contributed by atoms with van der Waals surface area (Å²) in [5.41, 5.74) is 0. The van der Waals surface area contributed by atoms with E-state index in [0.29, 0.717) is 19.4 Å². The predicted octanol–water partition coefficient (Wildman–Crippen LogP) is 26.7. The Balaban J connectivity index is 3.34. The third-order valence-electron chi connectivity index (χ3n) is 19.3. The summed E-state index contributed by atoms with van der Waals surface area (Å²) < 4.78 is 5.51. The smallest absolute Gasteiger partial charge is 0.305 e. The maximum absolute atomic E-state index is 12.6. The fourth-order valence-corrected chi connectivity index (χ4v) is 13.2. The molecule has 0 saturated carbocycles. The minimum absolute atomic E-state index is 0.0247. The topological polar surface area (TPSA) is 95.9 Å². The molecule has 0 aromatic heterocycles. The van der Waals surface area contributed by atoms with Gasteiger partial charge in [-0.15, -0.1) is 0 Å². The van der Waals surface area contributed by atoms with E-state index in [2.05, 4.69) is 19.2 Å². The molecule has 6 nitrogen and oxygen atoms in total. The Hall–Kier alpha value is -1.40. The summed E-state index contributed by atoms with van der Waals surface area (Å²) in [5.74, 6) is -0.0332. The first-order valence-electron chi connectivity index (χ1n) is 40.5. The predicted molar refractivity (Wildman–Crippen MR) is 384 cm³/mol. The number of ether oxygens (including phenoxy) is 1. The minimum Gasteiger partial charge on any atom is -0.466 e. The standard InChI is InChI=1S/C81H159NO5/c1-3-5-7-9-11-13-15-17-19-20-21-22-23-33-36-39-42-46-49-53-57-61-65-69-73-79(84)78(77-83)82-80(85)74-70-66-62-58-54-50-47-43-40-37-34-31-29-27-25-24-26-28-30-32-35-38-41-44-48-52-56-60-64-68-72-76-87-81(86)75-71-67-63-59-55-51-45-18-16-14-12-10-8-6-4-2/h69,73,78-79,83-84H,3-68,70-72,74-77H2,1-2H3,(H,82,85)/b73-69+. The number of carbonyl (C=O) groups is 2. The zero-order valence-corrected chi connectivity index (χ0v) is 59.5. The van der Waals surface area contributed by atoms with Gasteiger partial charge < -0.3 is 20.3 Å². The van der Waals surface area contributed by atoms with Crippen LogP contribution >= 0.6 is 0 Å². The molecule has 0 radical (unpaired) electrons. The highest BCUT2D eigenvalue weighted by Crippen LogP contribution is 2.20. The van der Waals surface area contributed by atoms with Crippen LogP contribution in [0, 0.1) is 0 Å². The number of hydrogen-bond donors (Lipinski definition) is 3. The van der Waals surface area contributed by atoms with Gasteiger partial charge in [0.1, 0.15) is 0 Å². The molecule has 0 aromatic rings. The van der Waals surface area contributed by atoms with E-state index in [4.69, 9.17) is 4.74 Å². The molecule has 0 aliphatic rings. The molecule has 87 heavy (non-hydrogen) atoms. The van der Waals surface area contributed by atoms with Gasteiger partial charge in [0.2, 0.25) is 5.91 Å². The molecule has 0 fully saturated rings. The molecule has 1 amide bonds. The quantitative estimate of drug-likeness (QED) is 0.0320. The number of carbonyl (C=O) groups excluding carboxylic acids is 2. The summed E-state index contributed by atoms with van der Waals surface area (Å²) in [6.45, 7) is 4.97. The van der Waals surface area contributed by atoms with Crippen molar-refractivity contribution in [2.45, 2.75) is 482 Å². The number of allylic oxidation sites excluding steroid dienone is 1. The lowest BCUT2D eigenvalue weighted by molar-refractivity contribution is -0.143. The molecule has 0 bridgehead atoms. The second-order valence-electron chi connectivity index (χ2n) is 28.1. The molecule has 0 aromatic carbocycles. The van der Waals surface area contributed by atoms with E-state index < -0.39 is 12.1 Å². The lowest BCUT2D eigenvalue weighted by Gasteiger charge is -2.20. The van der Waals surface area contributed by atoms with Crippen LogP contribution in [-0.2, 0) is 14.3 Å². The second-order valence-corrected chi connectivity index (χ2v) is 28.1. The summed E-state index contributed by atoms with van der Waals surface area (Å²) in [7, 11) is 0. The van der Waals surface area contributed by atoms with E-state index in [0.717, 1.165) is 38.5 Å². The van der Waals surface area contributed by atoms with Gasteiger partial charge in [-0.25, -0.2) is 0 Å². The number of nitrogens with one attached hydrogen (secondary N) is 1. The summed E-state index contributed by atoms with van der Waals surface area (Å²) in [6, 6.07) is -0.625. The highest BCUT2D eigenvalue weighted by atomic mass is 16.5. The van der Waals surface area contributed by atoms with Crippen LogP contribution in [0.2, 0.25) is 0 Å². The van der Waals surface area contributed by atoms with Gasteiger partial charge >= 0.3 is 5.97 Å². The van der Waals surface area contributed by atoms with E-state index in [1.165, 1.54) is 405 Å². The molecule has 6 heteroatoms. The van der Waals surface area contributed by atoms with Gasteiger partial charge in [-0.2, -0.15) is 0 Å². The van der Waals surface area contributed by atoms with Gasteiger partial charge in [-0.3, -0.25) is 9.59 Å². The second kappa shape index (κ2) is 77.1. The number of rotatable bonds is 77. The Kier molecular flexibility index (Phi) is 75.8. The van der Waals surface area contributed by atoms with E-state index in [1.54, 1.807) is 6.08 Å². The highest BCUT2D eigenvalue weighted by molar-refractivity contribution is 5.76. The number of esters is 1. The van der Waals surface area contributed by atoms with Crippen molar-refractivity contribution in [3.05, 3.63) is 12.2 Å². The van der Waals surface area contributed by atoms with E-state index in [1.807, 2.05) is 6.08 Å². The van der Waals surface area contributed by atoms with E-state index in [-0.39, 0.29) is 18.5 Å². The molecule has 2 unspecified atom stereocenters. The largest absolute Gasteiger partial charge is 0.466 e. The zero-order chi connectivity index (χ0) is 62.8. The molecule has 0 saturated heterocycles. The highest BCUT2D eigenvalue weighted by Gasteiger charge is 2.18. The first-order valence-corrected chi connectivity index (χ1v) is 40.5. The number of aliphatic hydroxyl groups excluding tert-OH is 2. The van der Waals surface area contributed by atoms with E-state index >= 15 is 0 Å². The average molecular weight is 1230 g/mol. The molecule has 518 valence electrons. The number of hydrogen-bond acceptors (Lipinski definition) is 5. The Morgan fingerprint density at radius 1 is 0.310 bits per heavy atom. The SMILES string of the molecule is CCCCCCCCCCCCCCCCCCCCCCCC/C=C/C(O)C(CO)NC(=O)CCCCCCCCCCCCCCCCCCCCCCCCCCCCCCCCCOC(=O)CCCCCCCCCCCCCCCCC.